The molecule has 10 nitrogen and oxygen atoms in total. The molecule has 2 rings (SSSR count). The van der Waals surface area contributed by atoms with Crippen LogP contribution in [0.3, 0.4) is 0 Å². The number of aldehydes is 1. The van der Waals surface area contributed by atoms with Gasteiger partial charge in [-0.2, -0.15) is 0 Å². The zero-order valence-corrected chi connectivity index (χ0v) is 22.8. The van der Waals surface area contributed by atoms with Crippen molar-refractivity contribution >= 4 is 30.7 Å². The fraction of sp³-hybridized carbons (Fsp3) is 0.444. The van der Waals surface area contributed by atoms with E-state index in [0.29, 0.717) is 37.0 Å². The molecule has 1 heterocycles. The van der Waals surface area contributed by atoms with Crippen LogP contribution in [-0.2, 0) is 16.1 Å². The molecule has 0 saturated carbocycles. The summed E-state index contributed by atoms with van der Waals surface area (Å²) in [6.45, 7) is 11.5. The predicted octanol–water partition coefficient (Wildman–Crippen LogP) is 1.40. The van der Waals surface area contributed by atoms with Crippen LogP contribution in [0.25, 0.3) is 10.9 Å². The molecule has 10 heteroatoms. The van der Waals surface area contributed by atoms with E-state index >= 15 is 0 Å². The van der Waals surface area contributed by atoms with E-state index in [0.717, 1.165) is 42.3 Å². The number of aliphatic imine (C=N–C) groups is 1. The smallest absolute Gasteiger partial charge is 0.169 e. The molecule has 1 aromatic heterocycles. The molecular weight excluding hydrogens is 468 g/mol. The molecule has 37 heavy (non-hydrogen) atoms. The quantitative estimate of drug-likeness (QED) is 0.136. The number of hydrogen-bond acceptors (Lipinski definition) is 10. The van der Waals surface area contributed by atoms with Crippen LogP contribution in [0, 0.1) is 18.8 Å². The molecule has 202 valence electrons. The van der Waals surface area contributed by atoms with Crippen LogP contribution in [0.4, 0.5) is 0 Å². The third-order valence-electron chi connectivity index (χ3n) is 5.02. The van der Waals surface area contributed by atoms with Gasteiger partial charge in [-0.15, -0.1) is 5.92 Å². The van der Waals surface area contributed by atoms with Crippen molar-refractivity contribution in [2.75, 3.05) is 40.8 Å². The van der Waals surface area contributed by atoms with Crippen LogP contribution in [0.1, 0.15) is 31.3 Å². The van der Waals surface area contributed by atoms with E-state index in [9.17, 15) is 4.79 Å². The minimum absolute atomic E-state index is 0.0613. The van der Waals surface area contributed by atoms with Crippen LogP contribution in [-0.4, -0.2) is 81.5 Å². The number of nitrogens with one attached hydrogen (secondary N) is 3. The molecule has 0 fully saturated rings. The highest BCUT2D eigenvalue weighted by Crippen LogP contribution is 2.15. The average Bonchev–Trinajstić information content (AvgIpc) is 2.90. The SMILES string of the molecule is C=N/C(NCc1nc(C)c2ccccc2n1)=C(/C=O)N(CC#CC)CCCC(N)CNC.C=O.CNC. The van der Waals surface area contributed by atoms with Crippen LogP contribution >= 0.6 is 0 Å². The first kappa shape index (κ1) is 33.4. The van der Waals surface area contributed by atoms with Gasteiger partial charge < -0.3 is 31.4 Å². The molecular formula is C27H42N8O2. The summed E-state index contributed by atoms with van der Waals surface area (Å²) in [6, 6.07) is 7.93. The maximum absolute atomic E-state index is 12.0. The molecule has 0 amide bonds. The average molecular weight is 511 g/mol. The summed E-state index contributed by atoms with van der Waals surface area (Å²) in [5.74, 6) is 6.91. The molecule has 1 atom stereocenters. The number of nitrogens with zero attached hydrogens (tertiary/aromatic N) is 4. The van der Waals surface area contributed by atoms with Crippen molar-refractivity contribution < 1.29 is 9.59 Å². The number of hydrogen-bond donors (Lipinski definition) is 4. The van der Waals surface area contributed by atoms with Crippen molar-refractivity contribution in [3.8, 4) is 11.8 Å². The third-order valence-corrected chi connectivity index (χ3v) is 5.02. The number of fused-ring (bicyclic) bond motifs is 1. The Morgan fingerprint density at radius 2 is 1.92 bits per heavy atom. The van der Waals surface area contributed by atoms with Crippen molar-refractivity contribution in [3.63, 3.8) is 0 Å². The summed E-state index contributed by atoms with van der Waals surface area (Å²) in [7, 11) is 5.63. The minimum Gasteiger partial charge on any atom is -0.361 e. The van der Waals surface area contributed by atoms with Gasteiger partial charge >= 0.3 is 0 Å². The molecule has 0 aliphatic rings. The number of carbonyl (C=O) groups is 2. The topological polar surface area (TPSA) is 138 Å². The summed E-state index contributed by atoms with van der Waals surface area (Å²) < 4.78 is 0. The molecule has 0 radical (unpaired) electrons. The van der Waals surface area contributed by atoms with Crippen LogP contribution in [0.2, 0.25) is 0 Å². The van der Waals surface area contributed by atoms with Gasteiger partial charge in [0, 0.05) is 30.2 Å². The maximum atomic E-state index is 12.0. The Hall–Kier alpha value is -3.65. The zero-order valence-electron chi connectivity index (χ0n) is 22.8. The fourth-order valence-electron chi connectivity index (χ4n) is 3.41. The van der Waals surface area contributed by atoms with Gasteiger partial charge in [-0.25, -0.2) is 15.0 Å². The monoisotopic (exact) mass is 510 g/mol. The normalized spacial score (nSPS) is 11.3. The molecule has 0 spiro atoms. The van der Waals surface area contributed by atoms with Crippen molar-refractivity contribution in [3.05, 3.63) is 47.3 Å². The first-order chi connectivity index (χ1) is 17.9. The second-order valence-corrected chi connectivity index (χ2v) is 7.91. The second kappa shape index (κ2) is 20.5. The van der Waals surface area contributed by atoms with Crippen molar-refractivity contribution in [2.24, 2.45) is 10.7 Å². The molecule has 0 aliphatic carbocycles. The number of aromatic nitrogens is 2. The summed E-state index contributed by atoms with van der Waals surface area (Å²) in [5, 5.41) is 10.0. The Morgan fingerprint density at radius 1 is 1.24 bits per heavy atom. The lowest BCUT2D eigenvalue weighted by atomic mass is 10.1. The number of allylic oxidation sites excluding steroid dienone is 1. The first-order valence-electron chi connectivity index (χ1n) is 12.0. The second-order valence-electron chi connectivity index (χ2n) is 7.91. The lowest BCUT2D eigenvalue weighted by Crippen LogP contribution is -2.34. The number of benzene rings is 1. The molecule has 5 N–H and O–H groups in total. The summed E-state index contributed by atoms with van der Waals surface area (Å²) in [5.41, 5.74) is 8.27. The maximum Gasteiger partial charge on any atom is 0.169 e. The lowest BCUT2D eigenvalue weighted by Gasteiger charge is -2.24. The van der Waals surface area contributed by atoms with E-state index < -0.39 is 0 Å². The summed E-state index contributed by atoms with van der Waals surface area (Å²) in [4.78, 5) is 35.2. The van der Waals surface area contributed by atoms with Gasteiger partial charge in [-0.05, 0) is 60.6 Å². The highest BCUT2D eigenvalue weighted by molar-refractivity contribution is 5.80. The lowest BCUT2D eigenvalue weighted by molar-refractivity contribution is -0.106. The number of aryl methyl sites for hydroxylation is 1. The van der Waals surface area contributed by atoms with Crippen LogP contribution in [0.5, 0.6) is 0 Å². The van der Waals surface area contributed by atoms with E-state index in [2.05, 4.69) is 49.5 Å². The van der Waals surface area contributed by atoms with Gasteiger partial charge in [0.2, 0.25) is 0 Å². The summed E-state index contributed by atoms with van der Waals surface area (Å²) >= 11 is 0. The van der Waals surface area contributed by atoms with Gasteiger partial charge in [0.05, 0.1) is 18.6 Å². The Morgan fingerprint density at radius 3 is 2.51 bits per heavy atom. The van der Waals surface area contributed by atoms with Gasteiger partial charge in [0.15, 0.2) is 12.1 Å². The Labute approximate surface area is 221 Å². The van der Waals surface area contributed by atoms with E-state index in [1.54, 1.807) is 6.92 Å². The van der Waals surface area contributed by atoms with E-state index in [-0.39, 0.29) is 6.04 Å². The molecule has 0 aliphatic heterocycles. The minimum atomic E-state index is 0.0613. The highest BCUT2D eigenvalue weighted by atomic mass is 16.1. The van der Waals surface area contributed by atoms with Crippen molar-refractivity contribution in [2.45, 2.75) is 39.3 Å². The Bertz CT molecular complexity index is 1050. The highest BCUT2D eigenvalue weighted by Gasteiger charge is 2.15. The Balaban J connectivity index is 0.00000241. The predicted molar refractivity (Wildman–Crippen MR) is 152 cm³/mol. The molecule has 0 saturated heterocycles. The molecule has 0 bridgehead atoms. The molecule has 2 aromatic rings. The summed E-state index contributed by atoms with van der Waals surface area (Å²) in [6.07, 6.45) is 2.44. The number of nitrogens with two attached hydrogens (primary N) is 1. The van der Waals surface area contributed by atoms with Gasteiger partial charge in [-0.1, -0.05) is 24.1 Å². The van der Waals surface area contributed by atoms with Crippen LogP contribution in [0.15, 0.2) is 40.8 Å². The number of likely N-dealkylation sites (N-methyl/N-ethyl adjacent to an activating group) is 1. The Kier molecular flexibility index (Phi) is 18.5. The van der Waals surface area contributed by atoms with Gasteiger partial charge in [0.25, 0.3) is 0 Å². The fourth-order valence-corrected chi connectivity index (χ4v) is 3.41. The van der Waals surface area contributed by atoms with Gasteiger partial charge in [-0.3, -0.25) is 4.79 Å². The van der Waals surface area contributed by atoms with E-state index in [4.69, 9.17) is 10.5 Å². The third kappa shape index (κ3) is 12.2. The van der Waals surface area contributed by atoms with E-state index in [1.165, 1.54) is 0 Å². The molecule has 1 unspecified atom stereocenters. The number of carbonyl (C=O) groups excluding carboxylic acids is 2. The number of para-hydroxylation sites is 1. The van der Waals surface area contributed by atoms with Gasteiger partial charge in [0.1, 0.15) is 18.3 Å². The van der Waals surface area contributed by atoms with Crippen LogP contribution < -0.4 is 21.7 Å². The zero-order chi connectivity index (χ0) is 28.1. The van der Waals surface area contributed by atoms with Crippen molar-refractivity contribution in [1.82, 2.24) is 30.8 Å². The largest absolute Gasteiger partial charge is 0.361 e. The number of rotatable bonds is 13. The van der Waals surface area contributed by atoms with E-state index in [1.807, 2.05) is 64.0 Å². The standard InChI is InChI=1S/C24H33N7O.C2H7N.CH2O/c1-5-6-13-31(14-9-10-19(25)15-26-3)22(17-32)24(27-4)28-16-23-29-18(2)20-11-7-8-12-21(20)30-23;1-3-2;1-2/h7-8,11-12,17,19,26,28H,4,9-10,13-16,25H2,1-3H3;3H,1-2H3;1H2/b24-22+;;. The molecule has 1 aromatic carbocycles. The first-order valence-corrected chi connectivity index (χ1v) is 12.0. The van der Waals surface area contributed by atoms with Crippen molar-refractivity contribution in [1.29, 1.82) is 0 Å².